The van der Waals surface area contributed by atoms with Gasteiger partial charge in [0, 0.05) is 5.56 Å². The van der Waals surface area contributed by atoms with E-state index in [2.05, 4.69) is 11.8 Å². The predicted molar refractivity (Wildman–Crippen MR) is 80.0 cm³/mol. The summed E-state index contributed by atoms with van der Waals surface area (Å²) in [7, 11) is 0. The molecule has 3 rings (SSSR count). The molecule has 1 aliphatic rings. The van der Waals surface area contributed by atoms with E-state index in [9.17, 15) is 9.59 Å². The van der Waals surface area contributed by atoms with E-state index in [1.54, 1.807) is 48.5 Å². The normalized spacial score (nSPS) is 12.9. The highest BCUT2D eigenvalue weighted by molar-refractivity contribution is 6.34. The van der Waals surface area contributed by atoms with Crippen molar-refractivity contribution in [3.05, 3.63) is 65.2 Å². The molecule has 102 valence electrons. The highest BCUT2D eigenvalue weighted by Crippen LogP contribution is 2.28. The van der Waals surface area contributed by atoms with Crippen LogP contribution in [0.2, 0.25) is 0 Å². The average Bonchev–Trinajstić information content (AvgIpc) is 2.78. The number of hydrogen-bond acceptors (Lipinski definition) is 3. The van der Waals surface area contributed by atoms with Crippen LogP contribution in [0.4, 0.5) is 5.69 Å². The number of anilines is 1. The highest BCUT2D eigenvalue weighted by atomic mass is 16.2. The SMILES string of the molecule is NCC#Cc1ccc(N2C(=O)c3ccccc3C2=O)cc1. The van der Waals surface area contributed by atoms with E-state index in [1.165, 1.54) is 4.90 Å². The minimum Gasteiger partial charge on any atom is -0.320 e. The van der Waals surface area contributed by atoms with E-state index in [0.29, 0.717) is 23.4 Å². The molecule has 0 saturated heterocycles. The van der Waals surface area contributed by atoms with Gasteiger partial charge >= 0.3 is 0 Å². The Labute approximate surface area is 122 Å². The molecule has 2 N–H and O–H groups in total. The fraction of sp³-hybridized carbons (Fsp3) is 0.0588. The van der Waals surface area contributed by atoms with E-state index in [-0.39, 0.29) is 11.8 Å². The predicted octanol–water partition coefficient (Wildman–Crippen LogP) is 1.80. The molecule has 1 heterocycles. The third-order valence-corrected chi connectivity index (χ3v) is 3.25. The van der Waals surface area contributed by atoms with Gasteiger partial charge in [0.25, 0.3) is 11.8 Å². The third-order valence-electron chi connectivity index (χ3n) is 3.25. The van der Waals surface area contributed by atoms with Crippen LogP contribution in [-0.4, -0.2) is 18.4 Å². The lowest BCUT2D eigenvalue weighted by molar-refractivity contribution is 0.0926. The first-order chi connectivity index (χ1) is 10.2. The molecule has 0 unspecified atom stereocenters. The molecule has 0 radical (unpaired) electrons. The van der Waals surface area contributed by atoms with Crippen molar-refractivity contribution < 1.29 is 9.59 Å². The van der Waals surface area contributed by atoms with Crippen LogP contribution in [0.3, 0.4) is 0 Å². The van der Waals surface area contributed by atoms with Crippen molar-refractivity contribution in [2.75, 3.05) is 11.4 Å². The van der Waals surface area contributed by atoms with Crippen molar-refractivity contribution in [3.63, 3.8) is 0 Å². The number of imide groups is 1. The molecule has 0 spiro atoms. The number of rotatable bonds is 1. The molecule has 21 heavy (non-hydrogen) atoms. The largest absolute Gasteiger partial charge is 0.320 e. The van der Waals surface area contributed by atoms with Crippen LogP contribution in [0.5, 0.6) is 0 Å². The lowest BCUT2D eigenvalue weighted by Gasteiger charge is -2.13. The second-order valence-electron chi connectivity index (χ2n) is 4.54. The number of carbonyl (C=O) groups excluding carboxylic acids is 2. The first-order valence-electron chi connectivity index (χ1n) is 6.49. The molecule has 4 heteroatoms. The Bertz CT molecular complexity index is 747. The van der Waals surface area contributed by atoms with Crippen molar-refractivity contribution in [2.45, 2.75) is 0 Å². The summed E-state index contributed by atoms with van der Waals surface area (Å²) >= 11 is 0. The summed E-state index contributed by atoms with van der Waals surface area (Å²) in [5.74, 6) is 5.06. The van der Waals surface area contributed by atoms with Gasteiger partial charge in [0.05, 0.1) is 23.4 Å². The van der Waals surface area contributed by atoms with E-state index in [1.807, 2.05) is 0 Å². The Kier molecular flexibility index (Phi) is 3.27. The molecule has 0 aromatic heterocycles. The van der Waals surface area contributed by atoms with Crippen molar-refractivity contribution in [1.29, 1.82) is 0 Å². The van der Waals surface area contributed by atoms with Crippen LogP contribution in [0.1, 0.15) is 26.3 Å². The summed E-state index contributed by atoms with van der Waals surface area (Å²) in [6.45, 7) is 0.292. The smallest absolute Gasteiger partial charge is 0.266 e. The van der Waals surface area contributed by atoms with Crippen LogP contribution in [0.15, 0.2) is 48.5 Å². The monoisotopic (exact) mass is 276 g/mol. The molecule has 0 atom stereocenters. The quantitative estimate of drug-likeness (QED) is 0.638. The number of fused-ring (bicyclic) bond motifs is 1. The van der Waals surface area contributed by atoms with Crippen LogP contribution >= 0.6 is 0 Å². The Morgan fingerprint density at radius 1 is 0.905 bits per heavy atom. The third kappa shape index (κ3) is 2.20. The average molecular weight is 276 g/mol. The fourth-order valence-electron chi connectivity index (χ4n) is 2.27. The van der Waals surface area contributed by atoms with Gasteiger partial charge in [-0.2, -0.15) is 0 Å². The number of nitrogens with two attached hydrogens (primary N) is 1. The maximum atomic E-state index is 12.3. The number of carbonyl (C=O) groups is 2. The summed E-state index contributed by atoms with van der Waals surface area (Å²) in [6, 6.07) is 13.8. The van der Waals surface area contributed by atoms with Gasteiger partial charge in [-0.15, -0.1) is 0 Å². The Morgan fingerprint density at radius 2 is 1.48 bits per heavy atom. The topological polar surface area (TPSA) is 63.4 Å². The molecule has 0 saturated carbocycles. The fourth-order valence-corrected chi connectivity index (χ4v) is 2.27. The van der Waals surface area contributed by atoms with Crippen LogP contribution in [0.25, 0.3) is 0 Å². The maximum Gasteiger partial charge on any atom is 0.266 e. The minimum absolute atomic E-state index is 0.292. The molecule has 0 fully saturated rings. The second-order valence-corrected chi connectivity index (χ2v) is 4.54. The minimum atomic E-state index is -0.295. The first kappa shape index (κ1) is 13.1. The van der Waals surface area contributed by atoms with Gasteiger partial charge in [0.2, 0.25) is 0 Å². The first-order valence-corrected chi connectivity index (χ1v) is 6.49. The summed E-state index contributed by atoms with van der Waals surface area (Å²) in [6.07, 6.45) is 0. The van der Waals surface area contributed by atoms with Crippen LogP contribution in [-0.2, 0) is 0 Å². The van der Waals surface area contributed by atoms with Gasteiger partial charge in [-0.3, -0.25) is 9.59 Å². The molecule has 0 bridgehead atoms. The zero-order valence-corrected chi connectivity index (χ0v) is 11.2. The lowest BCUT2D eigenvalue weighted by atomic mass is 10.1. The van der Waals surface area contributed by atoms with Gasteiger partial charge < -0.3 is 5.73 Å². The van der Waals surface area contributed by atoms with E-state index >= 15 is 0 Å². The van der Waals surface area contributed by atoms with E-state index in [4.69, 9.17) is 5.73 Å². The summed E-state index contributed by atoms with van der Waals surface area (Å²) in [5, 5.41) is 0. The number of nitrogens with zero attached hydrogens (tertiary/aromatic N) is 1. The lowest BCUT2D eigenvalue weighted by Crippen LogP contribution is -2.29. The van der Waals surface area contributed by atoms with Crippen LogP contribution in [0, 0.1) is 11.8 Å². The number of benzene rings is 2. The second kappa shape index (κ2) is 5.23. The van der Waals surface area contributed by atoms with Crippen molar-refractivity contribution in [2.24, 2.45) is 5.73 Å². The molecule has 2 amide bonds. The van der Waals surface area contributed by atoms with Crippen molar-refractivity contribution >= 4 is 17.5 Å². The molecule has 4 nitrogen and oxygen atoms in total. The van der Waals surface area contributed by atoms with E-state index < -0.39 is 0 Å². The Hall–Kier alpha value is -2.90. The summed E-state index contributed by atoms with van der Waals surface area (Å²) < 4.78 is 0. The molecule has 0 aliphatic carbocycles. The van der Waals surface area contributed by atoms with Crippen molar-refractivity contribution in [1.82, 2.24) is 0 Å². The van der Waals surface area contributed by atoms with Gasteiger partial charge in [-0.05, 0) is 36.4 Å². The van der Waals surface area contributed by atoms with Crippen molar-refractivity contribution in [3.8, 4) is 11.8 Å². The van der Waals surface area contributed by atoms with Crippen LogP contribution < -0.4 is 10.6 Å². The zero-order valence-electron chi connectivity index (χ0n) is 11.2. The molecular weight excluding hydrogens is 264 g/mol. The summed E-state index contributed by atoms with van der Waals surface area (Å²) in [4.78, 5) is 25.8. The number of amides is 2. The van der Waals surface area contributed by atoms with Gasteiger partial charge in [-0.25, -0.2) is 4.90 Å². The molecule has 1 aliphatic heterocycles. The van der Waals surface area contributed by atoms with E-state index in [0.717, 1.165) is 5.56 Å². The number of hydrogen-bond donors (Lipinski definition) is 1. The Balaban J connectivity index is 1.96. The van der Waals surface area contributed by atoms with Gasteiger partial charge in [-0.1, -0.05) is 24.0 Å². The Morgan fingerprint density at radius 3 is 2.00 bits per heavy atom. The maximum absolute atomic E-state index is 12.3. The molecule has 2 aromatic carbocycles. The summed E-state index contributed by atoms with van der Waals surface area (Å²) in [5.41, 5.74) is 7.53. The molecule has 2 aromatic rings. The zero-order chi connectivity index (χ0) is 14.8. The van der Waals surface area contributed by atoms with Gasteiger partial charge in [0.15, 0.2) is 0 Å². The van der Waals surface area contributed by atoms with Gasteiger partial charge in [0.1, 0.15) is 0 Å². The molecular formula is C17H12N2O2. The highest BCUT2D eigenvalue weighted by Gasteiger charge is 2.36. The standard InChI is InChI=1S/C17H12N2O2/c18-11-3-4-12-7-9-13(10-8-12)19-16(20)14-5-1-2-6-15(14)17(19)21/h1-2,5-10H,11,18H2.